The zero-order valence-corrected chi connectivity index (χ0v) is 11.8. The first kappa shape index (κ1) is 14.8. The fourth-order valence-electron chi connectivity index (χ4n) is 2.03. The van der Waals surface area contributed by atoms with Crippen molar-refractivity contribution >= 4 is 11.6 Å². The first-order chi connectivity index (χ1) is 9.63. The number of nitrogens with two attached hydrogens (primary N) is 1. The van der Waals surface area contributed by atoms with Crippen LogP contribution in [0.1, 0.15) is 17.2 Å². The largest absolute Gasteiger partial charge is 0.494 e. The van der Waals surface area contributed by atoms with Crippen molar-refractivity contribution < 1.29 is 9.13 Å². The van der Waals surface area contributed by atoms with Gasteiger partial charge in [0.25, 0.3) is 0 Å². The molecule has 1 unspecified atom stereocenters. The Hall–Kier alpha value is -1.62. The van der Waals surface area contributed by atoms with Gasteiger partial charge in [0, 0.05) is 5.02 Å². The van der Waals surface area contributed by atoms with Crippen LogP contribution in [0.5, 0.6) is 5.75 Å². The van der Waals surface area contributed by atoms with E-state index in [9.17, 15) is 4.39 Å². The molecular weight excluding hydrogens is 279 g/mol. The van der Waals surface area contributed by atoms with Gasteiger partial charge in [-0.3, -0.25) is 11.3 Å². The summed E-state index contributed by atoms with van der Waals surface area (Å²) < 4.78 is 18.6. The van der Waals surface area contributed by atoms with Gasteiger partial charge in [0.15, 0.2) is 11.6 Å². The van der Waals surface area contributed by atoms with Gasteiger partial charge in [0.05, 0.1) is 13.2 Å². The van der Waals surface area contributed by atoms with Gasteiger partial charge in [0.2, 0.25) is 0 Å². The second kappa shape index (κ2) is 6.70. The van der Waals surface area contributed by atoms with Crippen molar-refractivity contribution in [2.75, 3.05) is 7.11 Å². The zero-order chi connectivity index (χ0) is 14.5. The van der Waals surface area contributed by atoms with Crippen LogP contribution in [0.2, 0.25) is 5.02 Å². The molecule has 0 amide bonds. The highest BCUT2D eigenvalue weighted by atomic mass is 35.5. The predicted molar refractivity (Wildman–Crippen MR) is 78.2 cm³/mol. The van der Waals surface area contributed by atoms with Crippen molar-refractivity contribution in [1.29, 1.82) is 0 Å². The smallest absolute Gasteiger partial charge is 0.165 e. The Kier molecular flexibility index (Phi) is 4.95. The number of ether oxygens (including phenoxy) is 1. The van der Waals surface area contributed by atoms with E-state index in [-0.39, 0.29) is 11.8 Å². The van der Waals surface area contributed by atoms with E-state index < -0.39 is 5.82 Å². The molecule has 3 N–H and O–H groups in total. The molecule has 1 atom stereocenters. The first-order valence-electron chi connectivity index (χ1n) is 6.18. The second-order valence-corrected chi connectivity index (χ2v) is 4.88. The van der Waals surface area contributed by atoms with Gasteiger partial charge in [0.1, 0.15) is 0 Å². The normalized spacial score (nSPS) is 12.2. The van der Waals surface area contributed by atoms with E-state index in [4.69, 9.17) is 22.2 Å². The Bertz CT molecular complexity index is 575. The van der Waals surface area contributed by atoms with Crippen LogP contribution in [0.3, 0.4) is 0 Å². The molecular formula is C15H16ClFN2O. The number of hydrazine groups is 1. The van der Waals surface area contributed by atoms with E-state index in [2.05, 4.69) is 5.43 Å². The second-order valence-electron chi connectivity index (χ2n) is 4.44. The summed E-state index contributed by atoms with van der Waals surface area (Å²) in [6.45, 7) is 0. The van der Waals surface area contributed by atoms with Gasteiger partial charge in [-0.2, -0.15) is 0 Å². The van der Waals surface area contributed by atoms with Crippen molar-refractivity contribution in [3.63, 3.8) is 0 Å². The molecule has 2 aromatic rings. The maximum atomic E-state index is 13.7. The van der Waals surface area contributed by atoms with Crippen LogP contribution in [0, 0.1) is 5.82 Å². The molecule has 5 heteroatoms. The minimum absolute atomic E-state index is 0.184. The molecule has 0 saturated carbocycles. The molecule has 0 fully saturated rings. The lowest BCUT2D eigenvalue weighted by Gasteiger charge is -2.17. The molecule has 0 spiro atoms. The van der Waals surface area contributed by atoms with Crippen LogP contribution in [-0.4, -0.2) is 7.11 Å². The van der Waals surface area contributed by atoms with E-state index in [1.165, 1.54) is 13.2 Å². The van der Waals surface area contributed by atoms with E-state index in [0.29, 0.717) is 11.4 Å². The molecule has 0 saturated heterocycles. The maximum absolute atomic E-state index is 13.7. The average molecular weight is 295 g/mol. The summed E-state index contributed by atoms with van der Waals surface area (Å²) >= 11 is 5.85. The maximum Gasteiger partial charge on any atom is 0.165 e. The summed E-state index contributed by atoms with van der Waals surface area (Å²) in [6, 6.07) is 12.1. The number of nitrogens with one attached hydrogen (secondary N) is 1. The molecule has 3 nitrogen and oxygen atoms in total. The minimum Gasteiger partial charge on any atom is -0.494 e. The summed E-state index contributed by atoms with van der Waals surface area (Å²) in [6.07, 6.45) is 0.638. The van der Waals surface area contributed by atoms with Crippen molar-refractivity contribution in [1.82, 2.24) is 5.43 Å². The summed E-state index contributed by atoms with van der Waals surface area (Å²) in [5.41, 5.74) is 4.53. The van der Waals surface area contributed by atoms with Crippen molar-refractivity contribution in [3.8, 4) is 5.75 Å². The Morgan fingerprint density at radius 1 is 1.25 bits per heavy atom. The van der Waals surface area contributed by atoms with Gasteiger partial charge in [-0.25, -0.2) is 4.39 Å². The Morgan fingerprint density at radius 2 is 1.95 bits per heavy atom. The number of hydrogen-bond acceptors (Lipinski definition) is 3. The monoisotopic (exact) mass is 294 g/mol. The highest BCUT2D eigenvalue weighted by Crippen LogP contribution is 2.24. The van der Waals surface area contributed by atoms with E-state index >= 15 is 0 Å². The number of methoxy groups -OCH3 is 1. The molecule has 0 aromatic heterocycles. The molecule has 0 aliphatic rings. The SMILES string of the molecule is COc1ccc(C(Cc2ccc(Cl)cc2)NN)cc1F. The highest BCUT2D eigenvalue weighted by molar-refractivity contribution is 6.30. The Labute approximate surface area is 122 Å². The summed E-state index contributed by atoms with van der Waals surface area (Å²) in [5.74, 6) is 5.39. The van der Waals surface area contributed by atoms with Crippen LogP contribution < -0.4 is 16.0 Å². The summed E-state index contributed by atoms with van der Waals surface area (Å²) in [4.78, 5) is 0. The Balaban J connectivity index is 2.19. The topological polar surface area (TPSA) is 47.3 Å². The predicted octanol–water partition coefficient (Wildman–Crippen LogP) is 3.23. The molecule has 2 aromatic carbocycles. The zero-order valence-electron chi connectivity index (χ0n) is 11.1. The lowest BCUT2D eigenvalue weighted by molar-refractivity contribution is 0.385. The first-order valence-corrected chi connectivity index (χ1v) is 6.56. The fraction of sp³-hybridized carbons (Fsp3) is 0.200. The van der Waals surface area contributed by atoms with E-state index in [1.807, 2.05) is 24.3 Å². The molecule has 0 aliphatic carbocycles. The molecule has 0 heterocycles. The highest BCUT2D eigenvalue weighted by Gasteiger charge is 2.13. The third kappa shape index (κ3) is 3.48. The van der Waals surface area contributed by atoms with Crippen LogP contribution in [0.15, 0.2) is 42.5 Å². The van der Waals surface area contributed by atoms with Crippen LogP contribution in [0.25, 0.3) is 0 Å². The van der Waals surface area contributed by atoms with Crippen LogP contribution in [0.4, 0.5) is 4.39 Å². The molecule has 0 radical (unpaired) electrons. The lowest BCUT2D eigenvalue weighted by Crippen LogP contribution is -2.29. The van der Waals surface area contributed by atoms with Gasteiger partial charge >= 0.3 is 0 Å². The lowest BCUT2D eigenvalue weighted by atomic mass is 9.99. The van der Waals surface area contributed by atoms with Gasteiger partial charge in [-0.05, 0) is 41.8 Å². The summed E-state index contributed by atoms with van der Waals surface area (Å²) in [7, 11) is 1.43. The van der Waals surface area contributed by atoms with Gasteiger partial charge in [-0.15, -0.1) is 0 Å². The molecule has 2 rings (SSSR count). The average Bonchev–Trinajstić information content (AvgIpc) is 2.46. The van der Waals surface area contributed by atoms with E-state index in [0.717, 1.165) is 11.1 Å². The quantitative estimate of drug-likeness (QED) is 0.657. The van der Waals surface area contributed by atoms with E-state index in [1.54, 1.807) is 12.1 Å². The molecule has 20 heavy (non-hydrogen) atoms. The standard InChI is InChI=1S/C15H16ClFN2O/c1-20-15-7-4-11(9-13(15)17)14(19-18)8-10-2-5-12(16)6-3-10/h2-7,9,14,19H,8,18H2,1H3. The third-order valence-corrected chi connectivity index (χ3v) is 3.38. The minimum atomic E-state index is -0.402. The van der Waals surface area contributed by atoms with Crippen LogP contribution in [-0.2, 0) is 6.42 Å². The summed E-state index contributed by atoms with van der Waals surface area (Å²) in [5, 5.41) is 0.682. The van der Waals surface area contributed by atoms with Crippen molar-refractivity contribution in [3.05, 3.63) is 64.4 Å². The van der Waals surface area contributed by atoms with Gasteiger partial charge < -0.3 is 4.74 Å². The van der Waals surface area contributed by atoms with Crippen LogP contribution >= 0.6 is 11.6 Å². The van der Waals surface area contributed by atoms with Gasteiger partial charge in [-0.1, -0.05) is 29.8 Å². The van der Waals surface area contributed by atoms with Crippen molar-refractivity contribution in [2.24, 2.45) is 5.84 Å². The fourth-order valence-corrected chi connectivity index (χ4v) is 2.15. The molecule has 0 bridgehead atoms. The number of hydrogen-bond donors (Lipinski definition) is 2. The Morgan fingerprint density at radius 3 is 2.50 bits per heavy atom. The third-order valence-electron chi connectivity index (χ3n) is 3.13. The van der Waals surface area contributed by atoms with Crippen molar-refractivity contribution in [2.45, 2.75) is 12.5 Å². The number of rotatable bonds is 5. The molecule has 0 aliphatic heterocycles. The molecule has 106 valence electrons. The number of benzene rings is 2. The number of halogens is 2.